The van der Waals surface area contributed by atoms with Gasteiger partial charge in [0.15, 0.2) is 0 Å². The standard InChI is InChI=1S/C26H37N3O/c1-3-4-5-6-7-8-9-10-11-12-14-21-16-17-22(28-21)19-25-26(30-2)20-24(29-25)23-15-13-18-27-23/h13,15-20,27-28H,3-12,14H2,1-2H3. The molecule has 0 saturated heterocycles. The molecule has 0 aromatic carbocycles. The van der Waals surface area contributed by atoms with Gasteiger partial charge in [-0.15, -0.1) is 0 Å². The van der Waals surface area contributed by atoms with E-state index in [9.17, 15) is 0 Å². The van der Waals surface area contributed by atoms with E-state index in [1.807, 2.05) is 24.4 Å². The van der Waals surface area contributed by atoms with E-state index in [1.165, 1.54) is 69.9 Å². The minimum atomic E-state index is 0.797. The second-order valence-corrected chi connectivity index (χ2v) is 8.19. The van der Waals surface area contributed by atoms with Crippen molar-refractivity contribution in [3.05, 3.63) is 65.1 Å². The Morgan fingerprint density at radius 3 is 2.33 bits per heavy atom. The van der Waals surface area contributed by atoms with Crippen LogP contribution in [0.15, 0.2) is 53.0 Å². The van der Waals surface area contributed by atoms with Gasteiger partial charge < -0.3 is 14.7 Å². The normalized spacial score (nSPS) is 14.9. The minimum absolute atomic E-state index is 0.797. The van der Waals surface area contributed by atoms with Crippen molar-refractivity contribution in [2.24, 2.45) is 4.99 Å². The van der Waals surface area contributed by atoms with Gasteiger partial charge in [0.1, 0.15) is 11.5 Å². The summed E-state index contributed by atoms with van der Waals surface area (Å²) in [7, 11) is 1.69. The molecule has 0 spiro atoms. The monoisotopic (exact) mass is 407 g/mol. The fourth-order valence-corrected chi connectivity index (χ4v) is 3.95. The molecule has 0 fully saturated rings. The van der Waals surface area contributed by atoms with E-state index in [0.717, 1.165) is 35.0 Å². The number of rotatable bonds is 14. The summed E-state index contributed by atoms with van der Waals surface area (Å²) in [4.78, 5) is 11.5. The first-order valence-electron chi connectivity index (χ1n) is 11.7. The molecule has 0 aliphatic carbocycles. The lowest BCUT2D eigenvalue weighted by Crippen LogP contribution is -1.93. The van der Waals surface area contributed by atoms with Crippen molar-refractivity contribution in [1.82, 2.24) is 9.97 Å². The highest BCUT2D eigenvalue weighted by molar-refractivity contribution is 6.11. The fraction of sp³-hybridized carbons (Fsp3) is 0.500. The highest BCUT2D eigenvalue weighted by Gasteiger charge is 2.17. The number of hydrogen-bond donors (Lipinski definition) is 2. The van der Waals surface area contributed by atoms with Crippen molar-refractivity contribution < 1.29 is 4.74 Å². The summed E-state index contributed by atoms with van der Waals surface area (Å²) in [6.07, 6.45) is 20.8. The third-order valence-electron chi connectivity index (χ3n) is 5.72. The van der Waals surface area contributed by atoms with Gasteiger partial charge >= 0.3 is 0 Å². The number of aromatic nitrogens is 2. The summed E-state index contributed by atoms with van der Waals surface area (Å²) in [6, 6.07) is 8.32. The van der Waals surface area contributed by atoms with Crippen molar-refractivity contribution in [1.29, 1.82) is 0 Å². The highest BCUT2D eigenvalue weighted by atomic mass is 16.5. The van der Waals surface area contributed by atoms with Gasteiger partial charge in [0.25, 0.3) is 0 Å². The van der Waals surface area contributed by atoms with Crippen molar-refractivity contribution in [3.63, 3.8) is 0 Å². The average molecular weight is 408 g/mol. The van der Waals surface area contributed by atoms with Gasteiger partial charge in [-0.2, -0.15) is 0 Å². The van der Waals surface area contributed by atoms with Crippen LogP contribution >= 0.6 is 0 Å². The molecule has 0 unspecified atom stereocenters. The SMILES string of the molecule is CCCCCCCCCCCCc1ccc(C=C2N=C(c3ccc[nH]3)C=C2OC)[nH]1. The summed E-state index contributed by atoms with van der Waals surface area (Å²) in [6.45, 7) is 2.28. The van der Waals surface area contributed by atoms with Crippen LogP contribution in [0.2, 0.25) is 0 Å². The van der Waals surface area contributed by atoms with Gasteiger partial charge in [-0.25, -0.2) is 4.99 Å². The third kappa shape index (κ3) is 6.79. The number of ether oxygens (including phenoxy) is 1. The largest absolute Gasteiger partial charge is 0.494 e. The summed E-state index contributed by atoms with van der Waals surface area (Å²) in [5, 5.41) is 0. The number of hydrogen-bond acceptors (Lipinski definition) is 2. The fourth-order valence-electron chi connectivity index (χ4n) is 3.95. The first kappa shape index (κ1) is 22.2. The first-order chi connectivity index (χ1) is 14.8. The van der Waals surface area contributed by atoms with E-state index in [0.29, 0.717) is 0 Å². The lowest BCUT2D eigenvalue weighted by atomic mass is 10.1. The Kier molecular flexibility index (Phi) is 9.07. The van der Waals surface area contributed by atoms with Crippen LogP contribution in [-0.4, -0.2) is 22.8 Å². The molecule has 0 bridgehead atoms. The number of nitrogens with zero attached hydrogens (tertiary/aromatic N) is 1. The molecule has 0 amide bonds. The third-order valence-corrected chi connectivity index (χ3v) is 5.72. The number of H-pyrrole nitrogens is 2. The number of methoxy groups -OCH3 is 1. The van der Waals surface area contributed by atoms with Gasteiger partial charge in [0, 0.05) is 23.7 Å². The van der Waals surface area contributed by atoms with Gasteiger partial charge in [-0.05, 0) is 43.2 Å². The van der Waals surface area contributed by atoms with E-state index in [2.05, 4.69) is 35.1 Å². The summed E-state index contributed by atoms with van der Waals surface area (Å²) < 4.78 is 5.52. The first-order valence-corrected chi connectivity index (χ1v) is 11.7. The summed E-state index contributed by atoms with van der Waals surface area (Å²) >= 11 is 0. The van der Waals surface area contributed by atoms with Crippen LogP contribution in [0.3, 0.4) is 0 Å². The topological polar surface area (TPSA) is 53.2 Å². The van der Waals surface area contributed by atoms with Crippen LogP contribution in [-0.2, 0) is 11.2 Å². The van der Waals surface area contributed by atoms with Crippen LogP contribution in [0.25, 0.3) is 6.08 Å². The molecule has 0 radical (unpaired) electrons. The molecule has 0 saturated carbocycles. The van der Waals surface area contributed by atoms with Crippen LogP contribution in [0.5, 0.6) is 0 Å². The number of aliphatic imine (C=N–C) groups is 1. The quantitative estimate of drug-likeness (QED) is 0.320. The Morgan fingerprint density at radius 2 is 1.67 bits per heavy atom. The minimum Gasteiger partial charge on any atom is -0.494 e. The van der Waals surface area contributed by atoms with Crippen molar-refractivity contribution in [2.45, 2.75) is 77.6 Å². The molecule has 3 rings (SSSR count). The van der Waals surface area contributed by atoms with E-state index in [1.54, 1.807) is 7.11 Å². The summed E-state index contributed by atoms with van der Waals surface area (Å²) in [5.74, 6) is 0.797. The van der Waals surface area contributed by atoms with Crippen LogP contribution in [0, 0.1) is 0 Å². The van der Waals surface area contributed by atoms with E-state index < -0.39 is 0 Å². The van der Waals surface area contributed by atoms with E-state index >= 15 is 0 Å². The Bertz CT molecular complexity index is 840. The van der Waals surface area contributed by atoms with Crippen LogP contribution in [0.4, 0.5) is 0 Å². The van der Waals surface area contributed by atoms with Gasteiger partial charge in [-0.1, -0.05) is 64.7 Å². The number of allylic oxidation sites excluding steroid dienone is 1. The molecular formula is C26H37N3O. The molecule has 2 aromatic rings. The molecule has 162 valence electrons. The molecule has 30 heavy (non-hydrogen) atoms. The molecule has 2 aromatic heterocycles. The predicted molar refractivity (Wildman–Crippen MR) is 127 cm³/mol. The predicted octanol–water partition coefficient (Wildman–Crippen LogP) is 7.18. The van der Waals surface area contributed by atoms with Gasteiger partial charge in [-0.3, -0.25) is 0 Å². The Labute approximate surface area is 181 Å². The zero-order chi connectivity index (χ0) is 21.0. The van der Waals surface area contributed by atoms with Crippen molar-refractivity contribution >= 4 is 11.8 Å². The van der Waals surface area contributed by atoms with E-state index in [4.69, 9.17) is 9.73 Å². The van der Waals surface area contributed by atoms with Crippen LogP contribution < -0.4 is 0 Å². The molecule has 3 heterocycles. The lowest BCUT2D eigenvalue weighted by Gasteiger charge is -2.02. The maximum Gasteiger partial charge on any atom is 0.146 e. The maximum atomic E-state index is 5.52. The second-order valence-electron chi connectivity index (χ2n) is 8.19. The lowest BCUT2D eigenvalue weighted by molar-refractivity contribution is 0.303. The number of aromatic amines is 2. The smallest absolute Gasteiger partial charge is 0.146 e. The summed E-state index contributed by atoms with van der Waals surface area (Å²) in [5.41, 5.74) is 5.14. The molecule has 4 nitrogen and oxygen atoms in total. The Balaban J connectivity index is 1.40. The number of aryl methyl sites for hydroxylation is 1. The molecule has 4 heteroatoms. The van der Waals surface area contributed by atoms with Crippen molar-refractivity contribution in [3.8, 4) is 0 Å². The zero-order valence-electron chi connectivity index (χ0n) is 18.7. The average Bonchev–Trinajstić information content (AvgIpc) is 3.50. The highest BCUT2D eigenvalue weighted by Crippen LogP contribution is 2.24. The Morgan fingerprint density at radius 1 is 0.933 bits per heavy atom. The number of nitrogens with one attached hydrogen (secondary N) is 2. The number of unbranched alkanes of at least 4 members (excludes halogenated alkanes) is 9. The molecule has 0 atom stereocenters. The van der Waals surface area contributed by atoms with Gasteiger partial charge in [0.05, 0.1) is 18.5 Å². The maximum absolute atomic E-state index is 5.52. The van der Waals surface area contributed by atoms with Gasteiger partial charge in [0.2, 0.25) is 0 Å². The molecule has 1 aliphatic heterocycles. The second kappa shape index (κ2) is 12.3. The molecule has 2 N–H and O–H groups in total. The molecular weight excluding hydrogens is 370 g/mol. The zero-order valence-corrected chi connectivity index (χ0v) is 18.7. The Hall–Kier alpha value is -2.49. The van der Waals surface area contributed by atoms with Crippen molar-refractivity contribution in [2.75, 3.05) is 7.11 Å². The van der Waals surface area contributed by atoms with Crippen LogP contribution in [0.1, 0.15) is 88.2 Å². The molecule has 1 aliphatic rings. The van der Waals surface area contributed by atoms with E-state index in [-0.39, 0.29) is 0 Å².